The Morgan fingerprint density at radius 3 is 1.28 bits per heavy atom. The molecule has 32 heavy (non-hydrogen) atoms. The molecule has 4 nitrogen and oxygen atoms in total. The van der Waals surface area contributed by atoms with E-state index in [0.717, 1.165) is 52.3 Å². The van der Waals surface area contributed by atoms with Crippen LogP contribution in [0.4, 0.5) is 0 Å². The number of phenols is 2. The van der Waals surface area contributed by atoms with Crippen LogP contribution in [0.3, 0.4) is 0 Å². The van der Waals surface area contributed by atoms with Gasteiger partial charge in [0.25, 0.3) is 0 Å². The van der Waals surface area contributed by atoms with Crippen LogP contribution < -0.4 is 0 Å². The summed E-state index contributed by atoms with van der Waals surface area (Å²) in [5.41, 5.74) is 1.99. The van der Waals surface area contributed by atoms with Crippen LogP contribution in [0.15, 0.2) is 72.8 Å². The molecular weight excluding hydrogens is 436 g/mol. The van der Waals surface area contributed by atoms with Crippen molar-refractivity contribution in [3.63, 3.8) is 0 Å². The van der Waals surface area contributed by atoms with E-state index < -0.39 is 0 Å². The van der Waals surface area contributed by atoms with Crippen LogP contribution in [0.1, 0.15) is 14.9 Å². The minimum atomic E-state index is 0. The van der Waals surface area contributed by atoms with Gasteiger partial charge in [-0.2, -0.15) is 0 Å². The first-order valence-electron chi connectivity index (χ1n) is 9.38. The molecule has 160 valence electrons. The summed E-state index contributed by atoms with van der Waals surface area (Å²) < 4.78 is 0. The fraction of sp³-hybridized carbons (Fsp3) is 0.0769. The average molecular weight is 459 g/mol. The van der Waals surface area contributed by atoms with Gasteiger partial charge in [0.15, 0.2) is 9.66 Å². The maximum absolute atomic E-state index is 10.2. The lowest BCUT2D eigenvalue weighted by Crippen LogP contribution is -1.81. The van der Waals surface area contributed by atoms with Crippen molar-refractivity contribution in [2.24, 2.45) is 0 Å². The number of aromatic hydroxyl groups is 2. The fourth-order valence-corrected chi connectivity index (χ4v) is 5.93. The Hall–Kier alpha value is -3.48. The molecule has 0 radical (unpaired) electrons. The summed E-state index contributed by atoms with van der Waals surface area (Å²) >= 11 is 3.10. The zero-order valence-electron chi connectivity index (χ0n) is 15.5. The number of hydrogen-bond donors (Lipinski definition) is 2. The maximum Gasteiger partial charge on any atom is 0.155 e. The number of aromatic nitrogens is 2. The van der Waals surface area contributed by atoms with E-state index in [9.17, 15) is 10.2 Å². The molecule has 2 N–H and O–H groups in total. The van der Waals surface area contributed by atoms with Crippen molar-refractivity contribution in [1.29, 1.82) is 0 Å². The first-order chi connectivity index (χ1) is 14.7. The van der Waals surface area contributed by atoms with Gasteiger partial charge in [-0.05, 0) is 35.0 Å². The number of nitrogens with zero attached hydrogens (tertiary/aromatic N) is 2. The van der Waals surface area contributed by atoms with Gasteiger partial charge in [-0.15, -0.1) is 0 Å². The van der Waals surface area contributed by atoms with E-state index in [-0.39, 0.29) is 26.4 Å². The number of hydrogen-bond acceptors (Lipinski definition) is 6. The van der Waals surface area contributed by atoms with Crippen molar-refractivity contribution in [2.75, 3.05) is 0 Å². The van der Waals surface area contributed by atoms with Crippen LogP contribution in [0.25, 0.3) is 52.3 Å². The van der Waals surface area contributed by atoms with Crippen molar-refractivity contribution < 1.29 is 10.2 Å². The summed E-state index contributed by atoms with van der Waals surface area (Å²) in [6.07, 6.45) is 0. The van der Waals surface area contributed by atoms with E-state index in [4.69, 9.17) is 9.97 Å². The molecule has 6 aromatic rings. The Kier molecular flexibility index (Phi) is 5.59. The predicted molar refractivity (Wildman–Crippen MR) is 138 cm³/mol. The quantitative estimate of drug-likeness (QED) is 0.275. The minimum absolute atomic E-state index is 0. The molecule has 0 fully saturated rings. The smallest absolute Gasteiger partial charge is 0.155 e. The number of thiazole rings is 2. The molecule has 6 rings (SSSR count). The molecule has 0 saturated heterocycles. The van der Waals surface area contributed by atoms with Gasteiger partial charge in [0, 0.05) is 21.9 Å². The van der Waals surface area contributed by atoms with Crippen LogP contribution in [-0.2, 0) is 0 Å². The van der Waals surface area contributed by atoms with Crippen molar-refractivity contribution in [2.45, 2.75) is 14.9 Å². The summed E-state index contributed by atoms with van der Waals surface area (Å²) in [5, 5.41) is 25.7. The van der Waals surface area contributed by atoms with Gasteiger partial charge in [-0.1, -0.05) is 86.1 Å². The van der Waals surface area contributed by atoms with Crippen molar-refractivity contribution >= 4 is 53.9 Å². The van der Waals surface area contributed by atoms with E-state index in [2.05, 4.69) is 0 Å². The van der Waals surface area contributed by atoms with Crippen molar-refractivity contribution in [1.82, 2.24) is 9.97 Å². The van der Waals surface area contributed by atoms with Gasteiger partial charge in [0.2, 0.25) is 0 Å². The summed E-state index contributed by atoms with van der Waals surface area (Å²) in [6, 6.07) is 22.9. The molecule has 0 bridgehead atoms. The highest BCUT2D eigenvalue weighted by Crippen LogP contribution is 2.42. The van der Waals surface area contributed by atoms with Gasteiger partial charge >= 0.3 is 0 Å². The molecule has 0 amide bonds. The molecule has 0 unspecified atom stereocenters. The molecule has 0 saturated carbocycles. The topological polar surface area (TPSA) is 66.2 Å². The summed E-state index contributed by atoms with van der Waals surface area (Å²) in [4.78, 5) is 11.5. The monoisotopic (exact) mass is 458 g/mol. The molecule has 0 aliphatic heterocycles. The van der Waals surface area contributed by atoms with Crippen molar-refractivity contribution in [3.05, 3.63) is 72.8 Å². The van der Waals surface area contributed by atoms with Crippen LogP contribution in [0.2, 0.25) is 0 Å². The minimum Gasteiger partial charge on any atom is -0.507 e. The van der Waals surface area contributed by atoms with Crippen LogP contribution >= 0.6 is 22.7 Å². The lowest BCUT2D eigenvalue weighted by atomic mass is 10.0. The standard InChI is InChI=1S/C24H14N2O2S2.2CH4/c27-19-11-9-17(13-5-1-3-7-15(13)19)21-25-23-24(29-21)26-22(30-23)18-10-12-20(28)16-8-4-2-6-14(16)18;;/h1-12,27-28H;2*1H4. The van der Waals surface area contributed by atoms with Crippen molar-refractivity contribution in [3.8, 4) is 32.6 Å². The molecule has 0 atom stereocenters. The Morgan fingerprint density at radius 1 is 0.500 bits per heavy atom. The molecule has 4 aromatic carbocycles. The van der Waals surface area contributed by atoms with E-state index in [1.807, 2.05) is 60.7 Å². The lowest BCUT2D eigenvalue weighted by Gasteiger charge is -2.06. The highest BCUT2D eigenvalue weighted by molar-refractivity contribution is 7.29. The maximum atomic E-state index is 10.2. The molecule has 0 aliphatic rings. The third kappa shape index (κ3) is 3.28. The second-order valence-corrected chi connectivity index (χ2v) is 8.96. The average Bonchev–Trinajstić information content (AvgIpc) is 3.34. The molecule has 2 aromatic heterocycles. The van der Waals surface area contributed by atoms with E-state index in [1.165, 1.54) is 0 Å². The summed E-state index contributed by atoms with van der Waals surface area (Å²) in [6.45, 7) is 0. The van der Waals surface area contributed by atoms with E-state index in [1.54, 1.807) is 34.8 Å². The second-order valence-electron chi connectivity index (χ2n) is 7.00. The van der Waals surface area contributed by atoms with Gasteiger partial charge in [-0.25, -0.2) is 9.97 Å². The van der Waals surface area contributed by atoms with Crippen LogP contribution in [-0.4, -0.2) is 20.2 Å². The Labute approximate surface area is 194 Å². The third-order valence-corrected chi connectivity index (χ3v) is 7.33. The highest BCUT2D eigenvalue weighted by Gasteiger charge is 2.17. The van der Waals surface area contributed by atoms with Gasteiger partial charge in [0.05, 0.1) is 0 Å². The van der Waals surface area contributed by atoms with E-state index >= 15 is 0 Å². The summed E-state index contributed by atoms with van der Waals surface area (Å²) in [5.74, 6) is 0.541. The number of benzene rings is 4. The molecule has 0 spiro atoms. The largest absolute Gasteiger partial charge is 0.507 e. The number of rotatable bonds is 2. The third-order valence-electron chi connectivity index (χ3n) is 5.24. The zero-order chi connectivity index (χ0) is 20.2. The highest BCUT2D eigenvalue weighted by atomic mass is 32.1. The Morgan fingerprint density at radius 2 is 0.875 bits per heavy atom. The fourth-order valence-electron chi connectivity index (χ4n) is 3.81. The van der Waals surface area contributed by atoms with Crippen LogP contribution in [0, 0.1) is 0 Å². The van der Waals surface area contributed by atoms with Gasteiger partial charge in [-0.3, -0.25) is 0 Å². The number of fused-ring (bicyclic) bond motifs is 3. The number of phenolic OH excluding ortho intramolecular Hbond substituents is 2. The Balaban J connectivity index is 0.00000122. The normalized spacial score (nSPS) is 10.9. The molecular formula is C26H22N2O2S2. The second kappa shape index (κ2) is 8.22. The predicted octanol–water partition coefficient (Wildman–Crippen LogP) is 8.08. The first-order valence-corrected chi connectivity index (χ1v) is 11.0. The SMILES string of the molecule is C.C.Oc1ccc(-c2nc3sc(-c4ccc(O)c5ccccc45)nc3s2)c2ccccc12. The van der Waals surface area contributed by atoms with Gasteiger partial charge in [0.1, 0.15) is 21.5 Å². The summed E-state index contributed by atoms with van der Waals surface area (Å²) in [7, 11) is 0. The molecule has 0 aliphatic carbocycles. The van der Waals surface area contributed by atoms with Gasteiger partial charge < -0.3 is 10.2 Å². The molecule has 2 heterocycles. The first kappa shape index (κ1) is 21.7. The zero-order valence-corrected chi connectivity index (χ0v) is 17.2. The Bertz CT molecular complexity index is 1440. The van der Waals surface area contributed by atoms with Crippen LogP contribution in [0.5, 0.6) is 11.5 Å². The lowest BCUT2D eigenvalue weighted by molar-refractivity contribution is 0.481. The molecule has 6 heteroatoms. The van der Waals surface area contributed by atoms with E-state index in [0.29, 0.717) is 0 Å².